The molecular weight excluding hydrogens is 142 g/mol. The van der Waals surface area contributed by atoms with Crippen molar-refractivity contribution < 1.29 is 5.11 Å². The normalized spacial score (nSPS) is 25.9. The second kappa shape index (κ2) is 4.66. The van der Waals surface area contributed by atoms with Crippen LogP contribution in [0.2, 0.25) is 0 Å². The summed E-state index contributed by atoms with van der Waals surface area (Å²) in [5.41, 5.74) is 0. The van der Waals surface area contributed by atoms with E-state index in [1.54, 1.807) is 0 Å². The van der Waals surface area contributed by atoms with Crippen molar-refractivity contribution in [3.63, 3.8) is 0 Å². The summed E-state index contributed by atoms with van der Waals surface area (Å²) in [6.45, 7) is 2.92. The van der Waals surface area contributed by atoms with Crippen LogP contribution in [-0.4, -0.2) is 49.6 Å². The van der Waals surface area contributed by atoms with Gasteiger partial charge >= 0.3 is 0 Å². The minimum atomic E-state index is 0.238. The Labute approximate surface area is 67.6 Å². The Hall–Kier alpha value is -0.160. The van der Waals surface area contributed by atoms with Crippen molar-refractivity contribution in [2.45, 2.75) is 12.6 Å². The van der Waals surface area contributed by atoms with Crippen molar-refractivity contribution in [3.05, 3.63) is 0 Å². The van der Waals surface area contributed by atoms with Crippen molar-refractivity contribution in [1.82, 2.24) is 15.5 Å². The van der Waals surface area contributed by atoms with Gasteiger partial charge in [0.1, 0.15) is 0 Å². The van der Waals surface area contributed by atoms with Crippen LogP contribution in [0.25, 0.3) is 0 Å². The summed E-state index contributed by atoms with van der Waals surface area (Å²) in [5, 5.41) is 15.2. The molecule has 1 atom stereocenters. The van der Waals surface area contributed by atoms with E-state index in [1.165, 1.54) is 0 Å². The molecule has 0 radical (unpaired) electrons. The van der Waals surface area contributed by atoms with Crippen LogP contribution in [0.15, 0.2) is 0 Å². The maximum absolute atomic E-state index is 8.68. The van der Waals surface area contributed by atoms with Gasteiger partial charge in [-0.1, -0.05) is 0 Å². The molecule has 1 saturated heterocycles. The fourth-order valence-corrected chi connectivity index (χ4v) is 1.31. The lowest BCUT2D eigenvalue weighted by Gasteiger charge is -2.32. The van der Waals surface area contributed by atoms with Crippen LogP contribution in [0.1, 0.15) is 6.42 Å². The van der Waals surface area contributed by atoms with Crippen molar-refractivity contribution in [2.75, 3.05) is 33.4 Å². The van der Waals surface area contributed by atoms with Gasteiger partial charge in [-0.2, -0.15) is 0 Å². The lowest BCUT2D eigenvalue weighted by molar-refractivity contribution is 0.136. The highest BCUT2D eigenvalue weighted by Gasteiger charge is 2.15. The van der Waals surface area contributed by atoms with Gasteiger partial charge in [0, 0.05) is 13.2 Å². The lowest BCUT2D eigenvalue weighted by atomic mass is 10.2. The summed E-state index contributed by atoms with van der Waals surface area (Å²) >= 11 is 0. The van der Waals surface area contributed by atoms with Crippen LogP contribution in [0, 0.1) is 0 Å². The molecule has 0 aromatic rings. The average Bonchev–Trinajstić information content (AvgIpc) is 2.07. The molecule has 0 spiro atoms. The SMILES string of the molecule is CN(CCO)C1CCNCN1. The molecule has 1 unspecified atom stereocenters. The van der Waals surface area contributed by atoms with Crippen molar-refractivity contribution in [1.29, 1.82) is 0 Å². The van der Waals surface area contributed by atoms with Crippen molar-refractivity contribution in [3.8, 4) is 0 Å². The van der Waals surface area contributed by atoms with E-state index in [9.17, 15) is 0 Å². The van der Waals surface area contributed by atoms with Crippen molar-refractivity contribution >= 4 is 0 Å². The van der Waals surface area contributed by atoms with Crippen LogP contribution in [0.3, 0.4) is 0 Å². The first-order valence-corrected chi connectivity index (χ1v) is 4.10. The van der Waals surface area contributed by atoms with Crippen molar-refractivity contribution in [2.24, 2.45) is 0 Å². The Kier molecular flexibility index (Phi) is 3.79. The number of hydrogen-bond acceptors (Lipinski definition) is 4. The monoisotopic (exact) mass is 159 g/mol. The van der Waals surface area contributed by atoms with Gasteiger partial charge in [-0.3, -0.25) is 10.2 Å². The molecule has 0 saturated carbocycles. The Morgan fingerprint density at radius 3 is 3.00 bits per heavy atom. The summed E-state index contributed by atoms with van der Waals surface area (Å²) < 4.78 is 0. The molecule has 1 heterocycles. The number of nitrogens with zero attached hydrogens (tertiary/aromatic N) is 1. The minimum absolute atomic E-state index is 0.238. The van der Waals surface area contributed by atoms with Gasteiger partial charge in [0.2, 0.25) is 0 Å². The number of hydrogen-bond donors (Lipinski definition) is 3. The van der Waals surface area contributed by atoms with Gasteiger partial charge < -0.3 is 10.4 Å². The molecule has 0 amide bonds. The molecule has 1 aliphatic heterocycles. The van der Waals surface area contributed by atoms with Crippen LogP contribution < -0.4 is 10.6 Å². The van der Waals surface area contributed by atoms with Gasteiger partial charge in [0.25, 0.3) is 0 Å². The summed E-state index contributed by atoms with van der Waals surface area (Å²) in [7, 11) is 2.03. The van der Waals surface area contributed by atoms with E-state index >= 15 is 0 Å². The molecular formula is C7H17N3O. The maximum Gasteiger partial charge on any atom is 0.0617 e. The lowest BCUT2D eigenvalue weighted by Crippen LogP contribution is -2.53. The van der Waals surface area contributed by atoms with Gasteiger partial charge in [0.15, 0.2) is 0 Å². The summed E-state index contributed by atoms with van der Waals surface area (Å²) in [5.74, 6) is 0. The fraction of sp³-hybridized carbons (Fsp3) is 1.00. The second-order valence-corrected chi connectivity index (χ2v) is 2.89. The summed E-state index contributed by atoms with van der Waals surface area (Å²) in [4.78, 5) is 2.14. The van der Waals surface area contributed by atoms with E-state index in [4.69, 9.17) is 5.11 Å². The predicted molar refractivity (Wildman–Crippen MR) is 44.1 cm³/mol. The number of rotatable bonds is 3. The Bertz CT molecular complexity index is 104. The molecule has 0 bridgehead atoms. The van der Waals surface area contributed by atoms with E-state index < -0.39 is 0 Å². The Balaban J connectivity index is 2.21. The molecule has 4 nitrogen and oxygen atoms in total. The van der Waals surface area contributed by atoms with Crippen LogP contribution in [0.4, 0.5) is 0 Å². The Morgan fingerprint density at radius 1 is 1.64 bits per heavy atom. The first-order valence-electron chi connectivity index (χ1n) is 4.10. The standard InChI is InChI=1S/C7H17N3O/c1-10(4-5-11)7-2-3-8-6-9-7/h7-9,11H,2-6H2,1H3. The molecule has 1 aliphatic rings. The molecule has 0 aromatic carbocycles. The highest BCUT2D eigenvalue weighted by atomic mass is 16.3. The highest BCUT2D eigenvalue weighted by molar-refractivity contribution is 4.71. The zero-order valence-corrected chi connectivity index (χ0v) is 7.01. The average molecular weight is 159 g/mol. The molecule has 1 fully saturated rings. The molecule has 0 aromatic heterocycles. The van der Waals surface area contributed by atoms with E-state index in [0.717, 1.165) is 26.2 Å². The Morgan fingerprint density at radius 2 is 2.45 bits per heavy atom. The number of aliphatic hydroxyl groups is 1. The van der Waals surface area contributed by atoms with Gasteiger partial charge in [-0.15, -0.1) is 0 Å². The molecule has 1 rings (SSSR count). The number of nitrogens with one attached hydrogen (secondary N) is 2. The minimum Gasteiger partial charge on any atom is -0.395 e. The van der Waals surface area contributed by atoms with E-state index in [1.807, 2.05) is 7.05 Å². The summed E-state index contributed by atoms with van der Waals surface area (Å²) in [6, 6.07) is 0. The van der Waals surface area contributed by atoms with Crippen LogP contribution >= 0.6 is 0 Å². The van der Waals surface area contributed by atoms with E-state index in [-0.39, 0.29) is 6.61 Å². The first-order chi connectivity index (χ1) is 5.34. The largest absolute Gasteiger partial charge is 0.395 e. The zero-order chi connectivity index (χ0) is 8.10. The van der Waals surface area contributed by atoms with Gasteiger partial charge in [0.05, 0.1) is 12.8 Å². The third-order valence-corrected chi connectivity index (χ3v) is 2.04. The number of aliphatic hydroxyl groups excluding tert-OH is 1. The maximum atomic E-state index is 8.68. The zero-order valence-electron chi connectivity index (χ0n) is 7.01. The second-order valence-electron chi connectivity index (χ2n) is 2.89. The first kappa shape index (κ1) is 8.93. The quantitative estimate of drug-likeness (QED) is 0.483. The topological polar surface area (TPSA) is 47.5 Å². The van der Waals surface area contributed by atoms with E-state index in [2.05, 4.69) is 15.5 Å². The molecule has 66 valence electrons. The number of likely N-dealkylation sites (N-methyl/N-ethyl adjacent to an activating group) is 1. The fourth-order valence-electron chi connectivity index (χ4n) is 1.31. The van der Waals surface area contributed by atoms with Crippen LogP contribution in [-0.2, 0) is 0 Å². The third kappa shape index (κ3) is 2.75. The third-order valence-electron chi connectivity index (χ3n) is 2.04. The molecule has 3 N–H and O–H groups in total. The van der Waals surface area contributed by atoms with E-state index in [0.29, 0.717) is 6.17 Å². The smallest absolute Gasteiger partial charge is 0.0617 e. The molecule has 0 aliphatic carbocycles. The molecule has 4 heteroatoms. The molecule has 11 heavy (non-hydrogen) atoms. The summed E-state index contributed by atoms with van der Waals surface area (Å²) in [6.07, 6.45) is 1.54. The predicted octanol–water partition coefficient (Wildman–Crippen LogP) is -1.22. The highest BCUT2D eigenvalue weighted by Crippen LogP contribution is 1.99. The van der Waals surface area contributed by atoms with Gasteiger partial charge in [-0.05, 0) is 20.0 Å². The van der Waals surface area contributed by atoms with Gasteiger partial charge in [-0.25, -0.2) is 0 Å². The van der Waals surface area contributed by atoms with Crippen LogP contribution in [0.5, 0.6) is 0 Å².